The number of hydrogen-bond acceptors (Lipinski definition) is 6. The van der Waals surface area contributed by atoms with Crippen LogP contribution in [-0.2, 0) is 0 Å². The maximum Gasteiger partial charge on any atom is 0.392 e. The minimum atomic E-state index is -0.717. The van der Waals surface area contributed by atoms with Crippen molar-refractivity contribution in [3.8, 4) is 17.5 Å². The fourth-order valence-corrected chi connectivity index (χ4v) is 1.82. The highest BCUT2D eigenvalue weighted by molar-refractivity contribution is 9.10. The van der Waals surface area contributed by atoms with Crippen molar-refractivity contribution in [2.75, 3.05) is 7.11 Å². The number of nitro groups is 1. The van der Waals surface area contributed by atoms with Gasteiger partial charge in [0, 0.05) is 0 Å². The van der Waals surface area contributed by atoms with Crippen LogP contribution in [-0.4, -0.2) is 22.0 Å². The second-order valence-corrected chi connectivity index (χ2v) is 4.32. The summed E-state index contributed by atoms with van der Waals surface area (Å²) in [7, 11) is 1.24. The summed E-state index contributed by atoms with van der Waals surface area (Å²) >= 11 is 3.09. The van der Waals surface area contributed by atoms with Gasteiger partial charge in [-0.25, -0.2) is 4.39 Å². The lowest BCUT2D eigenvalue weighted by atomic mass is 10.3. The Morgan fingerprint density at radius 2 is 2.05 bits per heavy atom. The molecule has 0 spiro atoms. The molecule has 7 nitrogen and oxygen atoms in total. The van der Waals surface area contributed by atoms with E-state index in [0.717, 1.165) is 12.4 Å². The standard InChI is InChI=1S/C11H7BrFN3O4/c1-19-10-9(16(17)18)11(15-5-14-10)20-8-3-2-6(13)4-7(8)12/h2-5H,1H3. The molecule has 0 amide bonds. The SMILES string of the molecule is COc1ncnc(Oc2ccc(F)cc2Br)c1[N+](=O)[O-]. The molecule has 1 aromatic carbocycles. The molecule has 0 fully saturated rings. The lowest BCUT2D eigenvalue weighted by Crippen LogP contribution is -2.01. The molecule has 104 valence electrons. The van der Waals surface area contributed by atoms with Crippen molar-refractivity contribution in [3.05, 3.63) is 44.9 Å². The molecule has 0 saturated carbocycles. The predicted molar refractivity (Wildman–Crippen MR) is 69.4 cm³/mol. The minimum absolute atomic E-state index is 0.176. The van der Waals surface area contributed by atoms with E-state index in [9.17, 15) is 14.5 Å². The molecule has 9 heteroatoms. The number of rotatable bonds is 4. The molecule has 20 heavy (non-hydrogen) atoms. The first-order valence-electron chi connectivity index (χ1n) is 5.19. The van der Waals surface area contributed by atoms with E-state index < -0.39 is 16.4 Å². The van der Waals surface area contributed by atoms with Gasteiger partial charge in [-0.15, -0.1) is 0 Å². The van der Waals surface area contributed by atoms with E-state index in [-0.39, 0.29) is 17.5 Å². The van der Waals surface area contributed by atoms with Crippen LogP contribution in [0.3, 0.4) is 0 Å². The van der Waals surface area contributed by atoms with Crippen molar-refractivity contribution in [2.24, 2.45) is 0 Å². The molecule has 0 radical (unpaired) electrons. The van der Waals surface area contributed by atoms with Crippen LogP contribution in [0.4, 0.5) is 10.1 Å². The van der Waals surface area contributed by atoms with Gasteiger partial charge in [-0.3, -0.25) is 10.1 Å². The molecule has 2 aromatic rings. The lowest BCUT2D eigenvalue weighted by Gasteiger charge is -2.08. The van der Waals surface area contributed by atoms with Crippen LogP contribution in [0.5, 0.6) is 17.5 Å². The van der Waals surface area contributed by atoms with E-state index in [1.54, 1.807) is 0 Å². The highest BCUT2D eigenvalue weighted by Crippen LogP contribution is 2.37. The first-order chi connectivity index (χ1) is 9.52. The van der Waals surface area contributed by atoms with Gasteiger partial charge in [-0.05, 0) is 34.1 Å². The Morgan fingerprint density at radius 1 is 1.35 bits per heavy atom. The van der Waals surface area contributed by atoms with Gasteiger partial charge in [0.25, 0.3) is 0 Å². The van der Waals surface area contributed by atoms with Gasteiger partial charge in [0.05, 0.1) is 16.5 Å². The van der Waals surface area contributed by atoms with Crippen LogP contribution in [0, 0.1) is 15.9 Å². The number of benzene rings is 1. The highest BCUT2D eigenvalue weighted by Gasteiger charge is 2.26. The van der Waals surface area contributed by atoms with Gasteiger partial charge in [0.15, 0.2) is 0 Å². The molecule has 0 bridgehead atoms. The molecular formula is C11H7BrFN3O4. The van der Waals surface area contributed by atoms with E-state index >= 15 is 0 Å². The molecule has 0 N–H and O–H groups in total. The fourth-order valence-electron chi connectivity index (χ4n) is 1.39. The summed E-state index contributed by atoms with van der Waals surface area (Å²) in [5.41, 5.74) is -0.508. The van der Waals surface area contributed by atoms with Crippen LogP contribution >= 0.6 is 15.9 Å². The molecule has 1 heterocycles. The summed E-state index contributed by atoms with van der Waals surface area (Å²) in [5, 5.41) is 11.0. The minimum Gasteiger partial charge on any atom is -0.476 e. The normalized spacial score (nSPS) is 10.2. The van der Waals surface area contributed by atoms with Gasteiger partial charge >= 0.3 is 17.4 Å². The smallest absolute Gasteiger partial charge is 0.392 e. The zero-order chi connectivity index (χ0) is 14.7. The number of nitrogens with zero attached hydrogens (tertiary/aromatic N) is 3. The summed E-state index contributed by atoms with van der Waals surface area (Å²) in [6, 6.07) is 3.64. The third-order valence-electron chi connectivity index (χ3n) is 2.23. The second-order valence-electron chi connectivity index (χ2n) is 3.47. The summed E-state index contributed by atoms with van der Waals surface area (Å²) in [6.07, 6.45) is 1.07. The summed E-state index contributed by atoms with van der Waals surface area (Å²) < 4.78 is 23.4. The average molecular weight is 344 g/mol. The molecule has 0 unspecified atom stereocenters. The Morgan fingerprint density at radius 3 is 2.65 bits per heavy atom. The third-order valence-corrected chi connectivity index (χ3v) is 2.85. The zero-order valence-corrected chi connectivity index (χ0v) is 11.6. The van der Waals surface area contributed by atoms with E-state index in [4.69, 9.17) is 9.47 Å². The highest BCUT2D eigenvalue weighted by atomic mass is 79.9. The first-order valence-corrected chi connectivity index (χ1v) is 5.98. The van der Waals surface area contributed by atoms with Crippen molar-refractivity contribution >= 4 is 21.6 Å². The van der Waals surface area contributed by atoms with Crippen LogP contribution in [0.15, 0.2) is 29.0 Å². The van der Waals surface area contributed by atoms with Crippen molar-refractivity contribution < 1.29 is 18.8 Å². The summed E-state index contributed by atoms with van der Waals surface area (Å²) in [6.45, 7) is 0. The number of hydrogen-bond donors (Lipinski definition) is 0. The predicted octanol–water partition coefficient (Wildman–Crippen LogP) is 3.09. The largest absolute Gasteiger partial charge is 0.476 e. The van der Waals surface area contributed by atoms with Crippen LogP contribution < -0.4 is 9.47 Å². The Bertz CT molecular complexity index is 668. The van der Waals surface area contributed by atoms with Crippen molar-refractivity contribution in [3.63, 3.8) is 0 Å². The number of halogens is 2. The van der Waals surface area contributed by atoms with Gasteiger partial charge in [0.2, 0.25) is 0 Å². The Kier molecular flexibility index (Phi) is 4.08. The van der Waals surface area contributed by atoms with E-state index in [2.05, 4.69) is 25.9 Å². The Hall–Kier alpha value is -2.29. The fraction of sp³-hybridized carbons (Fsp3) is 0.0909. The maximum atomic E-state index is 13.0. The first kappa shape index (κ1) is 14.1. The second kappa shape index (κ2) is 5.78. The zero-order valence-electron chi connectivity index (χ0n) is 10.0. The number of methoxy groups -OCH3 is 1. The van der Waals surface area contributed by atoms with Gasteiger partial charge in [-0.2, -0.15) is 9.97 Å². The van der Waals surface area contributed by atoms with Crippen LogP contribution in [0.25, 0.3) is 0 Å². The lowest BCUT2D eigenvalue weighted by molar-refractivity contribution is -0.387. The molecule has 2 rings (SSSR count). The monoisotopic (exact) mass is 343 g/mol. The molecule has 0 aliphatic rings. The molecule has 0 atom stereocenters. The van der Waals surface area contributed by atoms with Crippen LogP contribution in [0.2, 0.25) is 0 Å². The van der Waals surface area contributed by atoms with E-state index in [1.807, 2.05) is 0 Å². The molecule has 0 saturated heterocycles. The van der Waals surface area contributed by atoms with Gasteiger partial charge in [-0.1, -0.05) is 0 Å². The number of aromatic nitrogens is 2. The van der Waals surface area contributed by atoms with Crippen LogP contribution in [0.1, 0.15) is 0 Å². The van der Waals surface area contributed by atoms with Crippen molar-refractivity contribution in [2.45, 2.75) is 0 Å². The summed E-state index contributed by atoms with van der Waals surface area (Å²) in [4.78, 5) is 17.6. The molecule has 1 aromatic heterocycles. The Labute approximate surface area is 120 Å². The number of ether oxygens (including phenoxy) is 2. The Balaban J connectivity index is 2.45. The summed E-state index contributed by atoms with van der Waals surface area (Å²) in [5.74, 6) is -0.818. The average Bonchev–Trinajstić information content (AvgIpc) is 2.41. The maximum absolute atomic E-state index is 13.0. The molecular weight excluding hydrogens is 337 g/mol. The van der Waals surface area contributed by atoms with Crippen molar-refractivity contribution in [1.82, 2.24) is 9.97 Å². The third kappa shape index (κ3) is 2.82. The van der Waals surface area contributed by atoms with Gasteiger partial charge < -0.3 is 9.47 Å². The van der Waals surface area contributed by atoms with E-state index in [0.29, 0.717) is 4.47 Å². The van der Waals surface area contributed by atoms with Crippen molar-refractivity contribution in [1.29, 1.82) is 0 Å². The molecule has 0 aliphatic carbocycles. The quantitative estimate of drug-likeness (QED) is 0.626. The topological polar surface area (TPSA) is 87.4 Å². The molecule has 0 aliphatic heterocycles. The van der Waals surface area contributed by atoms with E-state index in [1.165, 1.54) is 19.2 Å². The van der Waals surface area contributed by atoms with Gasteiger partial charge in [0.1, 0.15) is 17.9 Å².